The Morgan fingerprint density at radius 3 is 2.40 bits per heavy atom. The molecule has 0 heterocycles. The lowest BCUT2D eigenvalue weighted by Crippen LogP contribution is -2.54. The van der Waals surface area contributed by atoms with Gasteiger partial charge in [0.15, 0.2) is 0 Å². The predicted molar refractivity (Wildman–Crippen MR) is 98.0 cm³/mol. The molecule has 4 nitrogen and oxygen atoms in total. The van der Waals surface area contributed by atoms with Crippen LogP contribution < -0.4 is 0 Å². The highest BCUT2D eigenvalue weighted by atomic mass is 16.5. The highest BCUT2D eigenvalue weighted by Crippen LogP contribution is 2.65. The van der Waals surface area contributed by atoms with E-state index in [1.165, 1.54) is 7.11 Å². The number of carboxylic acids is 1. The van der Waals surface area contributed by atoms with E-state index >= 15 is 0 Å². The summed E-state index contributed by atoms with van der Waals surface area (Å²) in [5, 5.41) is 9.58. The lowest BCUT2D eigenvalue weighted by Gasteiger charge is -2.60. The number of aliphatic carboxylic acids is 1. The molecule has 0 amide bonds. The van der Waals surface area contributed by atoms with Crippen molar-refractivity contribution in [1.29, 1.82) is 0 Å². The van der Waals surface area contributed by atoms with Crippen molar-refractivity contribution in [2.45, 2.75) is 59.3 Å². The fourth-order valence-corrected chi connectivity index (χ4v) is 5.42. The maximum absolute atomic E-state index is 12.1. The summed E-state index contributed by atoms with van der Waals surface area (Å²) in [7, 11) is 1.39. The van der Waals surface area contributed by atoms with E-state index in [-0.39, 0.29) is 34.7 Å². The van der Waals surface area contributed by atoms with Crippen LogP contribution in [0.25, 0.3) is 0 Å². The second-order valence-electron chi connectivity index (χ2n) is 8.84. The monoisotopic (exact) mass is 348 g/mol. The molecule has 2 aliphatic rings. The number of methoxy groups -OCH3 is 1. The third kappa shape index (κ3) is 3.28. The van der Waals surface area contributed by atoms with E-state index in [1.54, 1.807) is 0 Å². The van der Waals surface area contributed by atoms with Gasteiger partial charge >= 0.3 is 11.9 Å². The van der Waals surface area contributed by atoms with Crippen LogP contribution in [0.2, 0.25) is 0 Å². The lowest BCUT2D eigenvalue weighted by molar-refractivity contribution is -0.153. The van der Waals surface area contributed by atoms with Gasteiger partial charge in [0.05, 0.1) is 7.11 Å². The van der Waals surface area contributed by atoms with Gasteiger partial charge < -0.3 is 9.84 Å². The molecule has 0 aliphatic heterocycles. The minimum atomic E-state index is -0.967. The van der Waals surface area contributed by atoms with E-state index < -0.39 is 11.4 Å². The van der Waals surface area contributed by atoms with Gasteiger partial charge in [-0.05, 0) is 54.8 Å². The van der Waals surface area contributed by atoms with Gasteiger partial charge in [-0.3, -0.25) is 4.79 Å². The predicted octanol–water partition coefficient (Wildman–Crippen LogP) is 4.61. The molecule has 2 fully saturated rings. The number of carboxylic acid groups (broad SMARTS) is 1. The third-order valence-electron chi connectivity index (χ3n) is 7.50. The molecular formula is C21H32O4. The SMILES string of the molecule is C=CC1(C)CCC2(C)C(CCC(C)(C(=C)C(=O)O)C2CC(=O)OC)C1. The molecule has 0 aromatic rings. The molecule has 4 heteroatoms. The number of hydrogen-bond acceptors (Lipinski definition) is 3. The number of fused-ring (bicyclic) bond motifs is 1. The Morgan fingerprint density at radius 2 is 1.88 bits per heavy atom. The Balaban J connectivity index is 2.45. The third-order valence-corrected chi connectivity index (χ3v) is 7.50. The molecule has 2 saturated carbocycles. The maximum Gasteiger partial charge on any atom is 0.331 e. The molecule has 2 aliphatic carbocycles. The summed E-state index contributed by atoms with van der Waals surface area (Å²) < 4.78 is 4.94. The van der Waals surface area contributed by atoms with Crippen LogP contribution >= 0.6 is 0 Å². The zero-order valence-corrected chi connectivity index (χ0v) is 16.1. The molecule has 0 aromatic heterocycles. The van der Waals surface area contributed by atoms with Crippen LogP contribution in [0.3, 0.4) is 0 Å². The number of esters is 1. The van der Waals surface area contributed by atoms with Crippen molar-refractivity contribution in [1.82, 2.24) is 0 Å². The first-order chi connectivity index (χ1) is 11.5. The standard InChI is InChI=1S/C21H32O4/c1-7-19(3)10-11-21(5)15(13-19)8-9-20(4,14(2)18(23)24)16(21)12-17(22)25-6/h7,15-16H,1-2,8-13H2,3-6H3,(H,23,24). The number of carbonyl (C=O) groups is 2. The van der Waals surface area contributed by atoms with Crippen LogP contribution in [-0.2, 0) is 14.3 Å². The van der Waals surface area contributed by atoms with Crippen molar-refractivity contribution in [3.05, 3.63) is 24.8 Å². The van der Waals surface area contributed by atoms with Gasteiger partial charge in [0.25, 0.3) is 0 Å². The Hall–Kier alpha value is -1.58. The second-order valence-corrected chi connectivity index (χ2v) is 8.84. The Morgan fingerprint density at radius 1 is 1.24 bits per heavy atom. The molecule has 0 radical (unpaired) electrons. The Kier molecular flexibility index (Phi) is 5.23. The zero-order valence-electron chi connectivity index (χ0n) is 16.1. The summed E-state index contributed by atoms with van der Waals surface area (Å²) in [5.74, 6) is -0.864. The van der Waals surface area contributed by atoms with Gasteiger partial charge in [-0.25, -0.2) is 4.79 Å². The van der Waals surface area contributed by atoms with Crippen LogP contribution in [-0.4, -0.2) is 24.2 Å². The van der Waals surface area contributed by atoms with E-state index in [9.17, 15) is 14.7 Å². The number of ether oxygens (including phenoxy) is 1. The van der Waals surface area contributed by atoms with E-state index in [2.05, 4.69) is 33.1 Å². The van der Waals surface area contributed by atoms with Crippen LogP contribution in [0.1, 0.15) is 59.3 Å². The van der Waals surface area contributed by atoms with Crippen molar-refractivity contribution < 1.29 is 19.4 Å². The van der Waals surface area contributed by atoms with E-state index in [1.807, 2.05) is 6.92 Å². The largest absolute Gasteiger partial charge is 0.478 e. The molecule has 25 heavy (non-hydrogen) atoms. The minimum Gasteiger partial charge on any atom is -0.478 e. The summed E-state index contributed by atoms with van der Waals surface area (Å²) in [6, 6.07) is 0. The molecule has 0 spiro atoms. The summed E-state index contributed by atoms with van der Waals surface area (Å²) in [6.45, 7) is 14.3. The van der Waals surface area contributed by atoms with E-state index in [0.29, 0.717) is 5.92 Å². The smallest absolute Gasteiger partial charge is 0.331 e. The average Bonchev–Trinajstić information content (AvgIpc) is 2.58. The topological polar surface area (TPSA) is 63.6 Å². The van der Waals surface area contributed by atoms with E-state index in [0.717, 1.165) is 32.1 Å². The highest BCUT2D eigenvalue weighted by Gasteiger charge is 2.58. The van der Waals surface area contributed by atoms with Crippen molar-refractivity contribution in [3.63, 3.8) is 0 Å². The Bertz CT molecular complexity index is 595. The molecule has 0 bridgehead atoms. The highest BCUT2D eigenvalue weighted by molar-refractivity contribution is 5.87. The van der Waals surface area contributed by atoms with E-state index in [4.69, 9.17) is 4.74 Å². The maximum atomic E-state index is 12.1. The molecule has 1 N–H and O–H groups in total. The number of allylic oxidation sites excluding steroid dienone is 1. The fraction of sp³-hybridized carbons (Fsp3) is 0.714. The first-order valence-electron chi connectivity index (χ1n) is 9.15. The molecular weight excluding hydrogens is 316 g/mol. The van der Waals surface area contributed by atoms with Gasteiger partial charge in [0, 0.05) is 17.4 Å². The quantitative estimate of drug-likeness (QED) is 0.448. The minimum absolute atomic E-state index is 0.0795. The van der Waals surface area contributed by atoms with Crippen molar-refractivity contribution in [2.75, 3.05) is 7.11 Å². The Labute approximate surface area is 151 Å². The van der Waals surface area contributed by atoms with Crippen LogP contribution in [0, 0.1) is 28.1 Å². The molecule has 0 saturated heterocycles. The number of rotatable bonds is 5. The second kappa shape index (κ2) is 6.62. The van der Waals surface area contributed by atoms with Crippen LogP contribution in [0.5, 0.6) is 0 Å². The number of hydrogen-bond donors (Lipinski definition) is 1. The lowest BCUT2D eigenvalue weighted by atomic mass is 9.44. The van der Waals surface area contributed by atoms with Gasteiger partial charge in [-0.2, -0.15) is 0 Å². The number of carbonyl (C=O) groups excluding carboxylic acids is 1. The van der Waals surface area contributed by atoms with Gasteiger partial charge in [-0.15, -0.1) is 6.58 Å². The van der Waals surface area contributed by atoms with Crippen LogP contribution in [0.15, 0.2) is 24.8 Å². The van der Waals surface area contributed by atoms with Gasteiger partial charge in [0.2, 0.25) is 0 Å². The van der Waals surface area contributed by atoms with Crippen molar-refractivity contribution >= 4 is 11.9 Å². The summed E-state index contributed by atoms with van der Waals surface area (Å²) >= 11 is 0. The van der Waals surface area contributed by atoms with Crippen molar-refractivity contribution in [2.24, 2.45) is 28.1 Å². The molecule has 2 rings (SSSR count). The fourth-order valence-electron chi connectivity index (χ4n) is 5.42. The molecule has 0 aromatic carbocycles. The average molecular weight is 348 g/mol. The summed E-state index contributed by atoms with van der Waals surface area (Å²) in [5.41, 5.74) is -0.342. The molecule has 5 atom stereocenters. The zero-order chi connectivity index (χ0) is 19.0. The normalized spacial score (nSPS) is 40.6. The van der Waals surface area contributed by atoms with Gasteiger partial charge in [0.1, 0.15) is 0 Å². The summed E-state index contributed by atoms with van der Waals surface area (Å²) in [4.78, 5) is 23.8. The first kappa shape index (κ1) is 19.7. The van der Waals surface area contributed by atoms with Crippen LogP contribution in [0.4, 0.5) is 0 Å². The molecule has 5 unspecified atom stereocenters. The molecule has 140 valence electrons. The first-order valence-corrected chi connectivity index (χ1v) is 9.15. The summed E-state index contributed by atoms with van der Waals surface area (Å²) in [6.07, 6.45) is 7.03. The van der Waals surface area contributed by atoms with Crippen molar-refractivity contribution in [3.8, 4) is 0 Å². The van der Waals surface area contributed by atoms with Gasteiger partial charge in [-0.1, -0.05) is 33.4 Å².